The smallest absolute Gasteiger partial charge is 0.306 e. The maximum Gasteiger partial charge on any atom is 0.326 e. The van der Waals surface area contributed by atoms with E-state index in [1.165, 1.54) is 16.4 Å². The highest BCUT2D eigenvalue weighted by Crippen LogP contribution is 2.30. The number of para-hydroxylation sites is 2. The van der Waals surface area contributed by atoms with Gasteiger partial charge in [0.15, 0.2) is 0 Å². The van der Waals surface area contributed by atoms with Crippen molar-refractivity contribution < 1.29 is 13.3 Å². The van der Waals surface area contributed by atoms with E-state index in [0.29, 0.717) is 18.4 Å². The second kappa shape index (κ2) is 7.12. The van der Waals surface area contributed by atoms with Crippen LogP contribution in [0.25, 0.3) is 11.0 Å². The Hall–Kier alpha value is -2.98. The van der Waals surface area contributed by atoms with E-state index >= 15 is 0 Å². The normalized spacial score (nSPS) is 16.3. The number of sulfonamides is 1. The largest absolute Gasteiger partial charge is 0.326 e. The van der Waals surface area contributed by atoms with Crippen molar-refractivity contribution in [3.8, 4) is 0 Å². The molecule has 1 fully saturated rings. The van der Waals surface area contributed by atoms with E-state index in [1.54, 1.807) is 11.5 Å². The number of H-pyrrole nitrogens is 1. The van der Waals surface area contributed by atoms with Crippen LogP contribution < -0.4 is 5.69 Å². The Bertz CT molecular complexity index is 1250. The minimum Gasteiger partial charge on any atom is -0.306 e. The first-order valence-corrected chi connectivity index (χ1v) is 10.7. The average molecular weight is 416 g/mol. The lowest BCUT2D eigenvalue weighted by Crippen LogP contribution is -2.40. The molecule has 9 nitrogen and oxygen atoms in total. The summed E-state index contributed by atoms with van der Waals surface area (Å²) in [7, 11) is -3.86. The summed E-state index contributed by atoms with van der Waals surface area (Å²) in [6.45, 7) is 2.09. The number of non-ortho nitro benzene ring substituents is 1. The molecular weight excluding hydrogens is 396 g/mol. The zero-order chi connectivity index (χ0) is 20.8. The number of aromatic nitrogens is 2. The number of aryl methyl sites for hydroxylation is 1. The molecule has 1 N–H and O–H groups in total. The molecule has 1 aromatic heterocycles. The van der Waals surface area contributed by atoms with Gasteiger partial charge in [-0.3, -0.25) is 14.7 Å². The molecule has 1 aliphatic heterocycles. The highest BCUT2D eigenvalue weighted by Gasteiger charge is 2.32. The Morgan fingerprint density at radius 1 is 1.14 bits per heavy atom. The van der Waals surface area contributed by atoms with E-state index < -0.39 is 14.9 Å². The van der Waals surface area contributed by atoms with Crippen LogP contribution >= 0.6 is 0 Å². The quantitative estimate of drug-likeness (QED) is 0.518. The molecule has 0 aliphatic carbocycles. The zero-order valence-electron chi connectivity index (χ0n) is 15.7. The van der Waals surface area contributed by atoms with Crippen LogP contribution in [-0.2, 0) is 10.0 Å². The number of rotatable bonds is 4. The Morgan fingerprint density at radius 3 is 2.52 bits per heavy atom. The molecule has 0 unspecified atom stereocenters. The maximum absolute atomic E-state index is 13.1. The Labute approximate surface area is 166 Å². The van der Waals surface area contributed by atoms with Crippen LogP contribution in [0.2, 0.25) is 0 Å². The summed E-state index contributed by atoms with van der Waals surface area (Å²) < 4.78 is 29.2. The molecule has 3 aromatic rings. The third kappa shape index (κ3) is 3.34. The molecule has 0 radical (unpaired) electrons. The van der Waals surface area contributed by atoms with Crippen molar-refractivity contribution in [2.45, 2.75) is 30.7 Å². The van der Waals surface area contributed by atoms with Gasteiger partial charge in [0, 0.05) is 31.3 Å². The minimum absolute atomic E-state index is 0.0468. The molecule has 4 rings (SSSR count). The summed E-state index contributed by atoms with van der Waals surface area (Å²) in [4.78, 5) is 25.6. The third-order valence-electron chi connectivity index (χ3n) is 5.41. The molecule has 1 saturated heterocycles. The van der Waals surface area contributed by atoms with Crippen LogP contribution in [0.4, 0.5) is 5.69 Å². The van der Waals surface area contributed by atoms with Gasteiger partial charge in [-0.15, -0.1) is 0 Å². The minimum atomic E-state index is -3.86. The number of fused-ring (bicyclic) bond motifs is 1. The van der Waals surface area contributed by atoms with Gasteiger partial charge in [-0.05, 0) is 37.5 Å². The lowest BCUT2D eigenvalue weighted by atomic mass is 10.1. The Kier molecular flexibility index (Phi) is 4.75. The summed E-state index contributed by atoms with van der Waals surface area (Å²) in [5.74, 6) is 0. The van der Waals surface area contributed by atoms with Gasteiger partial charge in [-0.2, -0.15) is 4.31 Å². The lowest BCUT2D eigenvalue weighted by Gasteiger charge is -2.32. The van der Waals surface area contributed by atoms with Gasteiger partial charge in [0.05, 0.1) is 20.9 Å². The molecule has 2 heterocycles. The molecular formula is C19H20N4O5S. The van der Waals surface area contributed by atoms with E-state index in [1.807, 2.05) is 24.3 Å². The summed E-state index contributed by atoms with van der Waals surface area (Å²) in [5, 5.41) is 11.0. The van der Waals surface area contributed by atoms with E-state index in [-0.39, 0.29) is 35.4 Å². The highest BCUT2D eigenvalue weighted by atomic mass is 32.2. The molecule has 152 valence electrons. The molecule has 0 atom stereocenters. The van der Waals surface area contributed by atoms with Crippen molar-refractivity contribution in [3.63, 3.8) is 0 Å². The number of hydrogen-bond acceptors (Lipinski definition) is 5. The zero-order valence-corrected chi connectivity index (χ0v) is 16.6. The molecule has 10 heteroatoms. The predicted octanol–water partition coefficient (Wildman–Crippen LogP) is 2.57. The van der Waals surface area contributed by atoms with E-state index in [0.717, 1.165) is 17.1 Å². The molecule has 29 heavy (non-hydrogen) atoms. The van der Waals surface area contributed by atoms with Gasteiger partial charge in [-0.1, -0.05) is 18.2 Å². The molecule has 0 spiro atoms. The first-order valence-electron chi connectivity index (χ1n) is 9.23. The van der Waals surface area contributed by atoms with Crippen LogP contribution in [0.3, 0.4) is 0 Å². The van der Waals surface area contributed by atoms with Crippen molar-refractivity contribution in [2.24, 2.45) is 0 Å². The first kappa shape index (κ1) is 19.3. The first-order chi connectivity index (χ1) is 13.8. The van der Waals surface area contributed by atoms with Crippen LogP contribution in [0.1, 0.15) is 24.4 Å². The number of nitro benzene ring substituents is 1. The number of nitrogens with one attached hydrogen (secondary N) is 1. The Balaban J connectivity index is 1.60. The van der Waals surface area contributed by atoms with Gasteiger partial charge < -0.3 is 4.98 Å². The number of imidazole rings is 1. The summed E-state index contributed by atoms with van der Waals surface area (Å²) in [6.07, 6.45) is 0.962. The number of aromatic amines is 1. The van der Waals surface area contributed by atoms with Gasteiger partial charge in [0.2, 0.25) is 10.0 Å². The van der Waals surface area contributed by atoms with Crippen molar-refractivity contribution in [2.75, 3.05) is 13.1 Å². The number of nitro groups is 1. The lowest BCUT2D eigenvalue weighted by molar-refractivity contribution is -0.385. The molecule has 2 aromatic carbocycles. The standard InChI is InChI=1S/C19H20N4O5S/c1-13-6-7-15(23(25)26)12-18(13)29(27,28)21-10-8-14(9-11-21)22-17-5-3-2-4-16(17)20-19(22)24/h2-7,12,14H,8-11H2,1H3,(H,20,24). The number of nitrogens with zero attached hydrogens (tertiary/aromatic N) is 3. The SMILES string of the molecule is Cc1ccc([N+](=O)[O-])cc1S(=O)(=O)N1CCC(n2c(=O)[nH]c3ccccc32)CC1. The average Bonchev–Trinajstić information content (AvgIpc) is 3.03. The number of hydrogen-bond donors (Lipinski definition) is 1. The highest BCUT2D eigenvalue weighted by molar-refractivity contribution is 7.89. The monoisotopic (exact) mass is 416 g/mol. The topological polar surface area (TPSA) is 118 Å². The van der Waals surface area contributed by atoms with Crippen molar-refractivity contribution in [1.29, 1.82) is 0 Å². The molecule has 0 bridgehead atoms. The fourth-order valence-electron chi connectivity index (χ4n) is 3.90. The summed E-state index contributed by atoms with van der Waals surface area (Å²) >= 11 is 0. The van der Waals surface area contributed by atoms with Crippen LogP contribution in [0, 0.1) is 17.0 Å². The van der Waals surface area contributed by atoms with Gasteiger partial charge >= 0.3 is 5.69 Å². The van der Waals surface area contributed by atoms with Crippen LogP contribution in [-0.4, -0.2) is 40.3 Å². The van der Waals surface area contributed by atoms with Crippen molar-refractivity contribution in [3.05, 3.63) is 68.6 Å². The predicted molar refractivity (Wildman–Crippen MR) is 107 cm³/mol. The van der Waals surface area contributed by atoms with E-state index in [2.05, 4.69) is 4.98 Å². The molecule has 0 amide bonds. The number of piperidine rings is 1. The van der Waals surface area contributed by atoms with Gasteiger partial charge in [-0.25, -0.2) is 13.2 Å². The van der Waals surface area contributed by atoms with Crippen molar-refractivity contribution in [1.82, 2.24) is 13.9 Å². The fraction of sp³-hybridized carbons (Fsp3) is 0.316. The molecule has 1 aliphatic rings. The Morgan fingerprint density at radius 2 is 1.83 bits per heavy atom. The summed E-state index contributed by atoms with van der Waals surface area (Å²) in [5.41, 5.74) is 1.55. The van der Waals surface area contributed by atoms with Crippen LogP contribution in [0.5, 0.6) is 0 Å². The maximum atomic E-state index is 13.1. The van der Waals surface area contributed by atoms with Gasteiger partial charge in [0.25, 0.3) is 5.69 Å². The van der Waals surface area contributed by atoms with Crippen molar-refractivity contribution >= 4 is 26.7 Å². The summed E-state index contributed by atoms with van der Waals surface area (Å²) in [6, 6.07) is 11.1. The van der Waals surface area contributed by atoms with Crippen LogP contribution in [0.15, 0.2) is 52.2 Å². The van der Waals surface area contributed by atoms with E-state index in [9.17, 15) is 23.3 Å². The third-order valence-corrected chi connectivity index (χ3v) is 7.45. The number of benzene rings is 2. The molecule has 0 saturated carbocycles. The van der Waals surface area contributed by atoms with Gasteiger partial charge in [0.1, 0.15) is 0 Å². The second-order valence-electron chi connectivity index (χ2n) is 7.16. The van der Waals surface area contributed by atoms with E-state index in [4.69, 9.17) is 0 Å². The second-order valence-corrected chi connectivity index (χ2v) is 9.07. The fourth-order valence-corrected chi connectivity index (χ4v) is 5.61.